The van der Waals surface area contributed by atoms with Crippen molar-refractivity contribution in [2.75, 3.05) is 54.6 Å². The number of piperidine rings is 2. The van der Waals surface area contributed by atoms with E-state index in [1.54, 1.807) is 6.21 Å². The van der Waals surface area contributed by atoms with Gasteiger partial charge in [-0.2, -0.15) is 15.1 Å². The van der Waals surface area contributed by atoms with Gasteiger partial charge in [0.1, 0.15) is 30.5 Å². The van der Waals surface area contributed by atoms with Gasteiger partial charge in [-0.15, -0.1) is 0 Å². The molecule has 2 aliphatic heterocycles. The Morgan fingerprint density at radius 3 is 2.16 bits per heavy atom. The summed E-state index contributed by atoms with van der Waals surface area (Å²) in [5.74, 6) is 4.13. The second kappa shape index (κ2) is 13.1. The lowest BCUT2D eigenvalue weighted by molar-refractivity contribution is 0.216. The molecular weight excluding hydrogens is 476 g/mol. The van der Waals surface area contributed by atoms with Crippen LogP contribution in [0.15, 0.2) is 59.7 Å². The Balaban J connectivity index is 1.24. The molecule has 3 heterocycles. The standard InChI is InChI=1S/C30H38N6O2/c1-24-12-4-6-14-26(24)37-20-21-38-27-15-7-5-13-25(27)23-31-34-28-22-29(35-16-8-2-9-17-35)33-30(32-28)36-18-10-3-11-19-36/h4-7,12-15,22-23H,2-3,8-11,16-21H2,1H3,(H,32,33,34)/b31-23+. The maximum atomic E-state index is 6.02. The number of hydrogen-bond acceptors (Lipinski definition) is 8. The van der Waals surface area contributed by atoms with E-state index in [2.05, 4.69) is 20.3 Å². The summed E-state index contributed by atoms with van der Waals surface area (Å²) in [5, 5.41) is 4.52. The summed E-state index contributed by atoms with van der Waals surface area (Å²) in [4.78, 5) is 14.4. The summed E-state index contributed by atoms with van der Waals surface area (Å²) in [6, 6.07) is 17.9. The summed E-state index contributed by atoms with van der Waals surface area (Å²) < 4.78 is 11.9. The molecule has 1 aromatic heterocycles. The zero-order valence-electron chi connectivity index (χ0n) is 22.3. The van der Waals surface area contributed by atoms with Gasteiger partial charge >= 0.3 is 0 Å². The van der Waals surface area contributed by atoms with Crippen LogP contribution >= 0.6 is 0 Å². The maximum absolute atomic E-state index is 6.02. The Labute approximate surface area is 225 Å². The fourth-order valence-corrected chi connectivity index (χ4v) is 4.91. The van der Waals surface area contributed by atoms with Gasteiger partial charge in [-0.25, -0.2) is 0 Å². The zero-order chi connectivity index (χ0) is 26.0. The van der Waals surface area contributed by atoms with Crippen molar-refractivity contribution in [3.8, 4) is 11.5 Å². The van der Waals surface area contributed by atoms with Crippen molar-refractivity contribution < 1.29 is 9.47 Å². The molecule has 2 aliphatic rings. The topological polar surface area (TPSA) is 75.1 Å². The van der Waals surface area contributed by atoms with Gasteiger partial charge in [-0.1, -0.05) is 30.3 Å². The first kappa shape index (κ1) is 25.8. The molecule has 8 nitrogen and oxygen atoms in total. The Morgan fingerprint density at radius 2 is 1.42 bits per heavy atom. The molecule has 38 heavy (non-hydrogen) atoms. The van der Waals surface area contributed by atoms with E-state index in [1.165, 1.54) is 38.5 Å². The van der Waals surface area contributed by atoms with Crippen LogP contribution in [0, 0.1) is 6.92 Å². The highest BCUT2D eigenvalue weighted by Gasteiger charge is 2.19. The first-order chi connectivity index (χ1) is 18.8. The number of hydrazone groups is 1. The van der Waals surface area contributed by atoms with Crippen molar-refractivity contribution in [1.29, 1.82) is 0 Å². The lowest BCUT2D eigenvalue weighted by atomic mass is 10.1. The monoisotopic (exact) mass is 514 g/mol. The molecule has 0 atom stereocenters. The maximum Gasteiger partial charge on any atom is 0.229 e. The van der Waals surface area contributed by atoms with Crippen LogP contribution in [0.25, 0.3) is 0 Å². The highest BCUT2D eigenvalue weighted by Crippen LogP contribution is 2.25. The second-order valence-electron chi connectivity index (χ2n) is 9.88. The number of aromatic nitrogens is 2. The summed E-state index contributed by atoms with van der Waals surface area (Å²) in [6.45, 7) is 7.03. The van der Waals surface area contributed by atoms with E-state index < -0.39 is 0 Å². The van der Waals surface area contributed by atoms with Gasteiger partial charge < -0.3 is 19.3 Å². The molecule has 0 unspecified atom stereocenters. The van der Waals surface area contributed by atoms with Crippen molar-refractivity contribution in [2.24, 2.45) is 5.10 Å². The van der Waals surface area contributed by atoms with E-state index in [1.807, 2.05) is 61.5 Å². The third-order valence-corrected chi connectivity index (χ3v) is 7.01. The van der Waals surface area contributed by atoms with E-state index in [-0.39, 0.29) is 0 Å². The Morgan fingerprint density at radius 1 is 0.789 bits per heavy atom. The first-order valence-corrected chi connectivity index (χ1v) is 13.8. The van der Waals surface area contributed by atoms with Gasteiger partial charge in [0.15, 0.2) is 5.82 Å². The van der Waals surface area contributed by atoms with E-state index in [4.69, 9.17) is 19.4 Å². The molecule has 0 spiro atoms. The van der Waals surface area contributed by atoms with Crippen LogP contribution in [-0.2, 0) is 0 Å². The Bertz CT molecular complexity index is 1170. The van der Waals surface area contributed by atoms with E-state index in [9.17, 15) is 0 Å². The summed E-state index contributed by atoms with van der Waals surface area (Å²) in [5.41, 5.74) is 5.16. The molecule has 0 bridgehead atoms. The largest absolute Gasteiger partial charge is 0.490 e. The Hall–Kier alpha value is -3.81. The zero-order valence-corrected chi connectivity index (χ0v) is 22.3. The molecule has 0 amide bonds. The number of ether oxygens (including phenoxy) is 2. The van der Waals surface area contributed by atoms with E-state index in [0.717, 1.165) is 60.6 Å². The number of hydrogen-bond donors (Lipinski definition) is 1. The minimum Gasteiger partial charge on any atom is -0.490 e. The van der Waals surface area contributed by atoms with Gasteiger partial charge in [0.05, 0.1) is 6.21 Å². The van der Waals surface area contributed by atoms with Crippen molar-refractivity contribution in [2.45, 2.75) is 45.4 Å². The number of nitrogens with one attached hydrogen (secondary N) is 1. The lowest BCUT2D eigenvalue weighted by Crippen LogP contribution is -2.33. The molecule has 2 aromatic carbocycles. The number of nitrogens with zero attached hydrogens (tertiary/aromatic N) is 5. The summed E-state index contributed by atoms with van der Waals surface area (Å²) >= 11 is 0. The second-order valence-corrected chi connectivity index (χ2v) is 9.88. The van der Waals surface area contributed by atoms with E-state index in [0.29, 0.717) is 19.0 Å². The predicted molar refractivity (Wildman–Crippen MR) is 154 cm³/mol. The van der Waals surface area contributed by atoms with Crippen LogP contribution in [0.5, 0.6) is 11.5 Å². The minimum atomic E-state index is 0.441. The predicted octanol–water partition coefficient (Wildman–Crippen LogP) is 5.67. The molecule has 8 heteroatoms. The summed E-state index contributed by atoms with van der Waals surface area (Å²) in [7, 11) is 0. The normalized spacial score (nSPS) is 16.0. The fraction of sp³-hybridized carbons (Fsp3) is 0.433. The van der Waals surface area contributed by atoms with Crippen LogP contribution in [0.3, 0.4) is 0 Å². The van der Waals surface area contributed by atoms with Crippen LogP contribution in [0.1, 0.15) is 49.7 Å². The van der Waals surface area contributed by atoms with Crippen LogP contribution in [0.2, 0.25) is 0 Å². The lowest BCUT2D eigenvalue weighted by Gasteiger charge is -2.31. The quantitative estimate of drug-likeness (QED) is 0.212. The number of rotatable bonds is 10. The number of benzene rings is 2. The SMILES string of the molecule is Cc1ccccc1OCCOc1ccccc1/C=N/Nc1cc(N2CCCCC2)nc(N2CCCCC2)n1. The molecule has 0 saturated carbocycles. The smallest absolute Gasteiger partial charge is 0.229 e. The average Bonchev–Trinajstić information content (AvgIpc) is 2.98. The highest BCUT2D eigenvalue weighted by atomic mass is 16.5. The number of anilines is 3. The van der Waals surface area contributed by atoms with Crippen molar-refractivity contribution in [1.82, 2.24) is 9.97 Å². The van der Waals surface area contributed by atoms with Crippen molar-refractivity contribution >= 4 is 23.8 Å². The summed E-state index contributed by atoms with van der Waals surface area (Å²) in [6.07, 6.45) is 9.12. The van der Waals surface area contributed by atoms with Crippen molar-refractivity contribution in [3.05, 3.63) is 65.7 Å². The molecular formula is C30H38N6O2. The minimum absolute atomic E-state index is 0.441. The molecule has 5 rings (SSSR count). The third-order valence-electron chi connectivity index (χ3n) is 7.01. The van der Waals surface area contributed by atoms with Crippen LogP contribution < -0.4 is 24.7 Å². The number of aryl methyl sites for hydroxylation is 1. The highest BCUT2D eigenvalue weighted by molar-refractivity contribution is 5.84. The molecule has 2 saturated heterocycles. The van der Waals surface area contributed by atoms with Gasteiger partial charge in [0.25, 0.3) is 0 Å². The van der Waals surface area contributed by atoms with Crippen molar-refractivity contribution in [3.63, 3.8) is 0 Å². The van der Waals surface area contributed by atoms with Gasteiger partial charge in [-0.3, -0.25) is 5.43 Å². The Kier molecular flexibility index (Phi) is 8.92. The molecule has 2 fully saturated rings. The molecule has 1 N–H and O–H groups in total. The van der Waals surface area contributed by atoms with Crippen LogP contribution in [-0.4, -0.2) is 55.6 Å². The number of para-hydroxylation sites is 2. The fourth-order valence-electron chi connectivity index (χ4n) is 4.91. The van der Waals surface area contributed by atoms with Gasteiger partial charge in [0, 0.05) is 37.8 Å². The molecule has 0 aliphatic carbocycles. The molecule has 200 valence electrons. The van der Waals surface area contributed by atoms with Gasteiger partial charge in [-0.05, 0) is 69.2 Å². The first-order valence-electron chi connectivity index (χ1n) is 13.8. The van der Waals surface area contributed by atoms with Crippen LogP contribution in [0.4, 0.5) is 17.6 Å². The van der Waals surface area contributed by atoms with Gasteiger partial charge in [0.2, 0.25) is 5.95 Å². The molecule has 3 aromatic rings. The molecule has 0 radical (unpaired) electrons. The third kappa shape index (κ3) is 6.94. The average molecular weight is 515 g/mol. The van der Waals surface area contributed by atoms with E-state index >= 15 is 0 Å².